The van der Waals surface area contributed by atoms with E-state index in [1.807, 2.05) is 30.5 Å². The van der Waals surface area contributed by atoms with Gasteiger partial charge in [0.2, 0.25) is 0 Å². The fourth-order valence-corrected chi connectivity index (χ4v) is 2.72. The third kappa shape index (κ3) is 3.51. The van der Waals surface area contributed by atoms with Crippen molar-refractivity contribution in [2.75, 3.05) is 0 Å². The molecule has 0 saturated heterocycles. The number of rotatable bonds is 4. The summed E-state index contributed by atoms with van der Waals surface area (Å²) in [6.45, 7) is 3.09. The number of nitrogens with zero attached hydrogens (tertiary/aromatic N) is 2. The Labute approximate surface area is 135 Å². The van der Waals surface area contributed by atoms with Gasteiger partial charge in [0.05, 0.1) is 11.7 Å². The maximum atomic E-state index is 10.7. The molecule has 5 heteroatoms. The average molecular weight is 309 g/mol. The molecule has 1 unspecified atom stereocenters. The van der Waals surface area contributed by atoms with Crippen LogP contribution >= 0.6 is 0 Å². The number of hydrogen-bond donors (Lipinski definition) is 1. The number of aromatic nitrogens is 1. The average Bonchev–Trinajstić information content (AvgIpc) is 2.57. The Bertz CT molecular complexity index is 728. The van der Waals surface area contributed by atoms with Crippen LogP contribution in [0.2, 0.25) is 0 Å². The minimum Gasteiger partial charge on any atom is -0.443 e. The molecule has 2 aromatic rings. The van der Waals surface area contributed by atoms with Gasteiger partial charge in [-0.3, -0.25) is 4.98 Å². The lowest BCUT2D eigenvalue weighted by molar-refractivity contribution is 0.148. The molecular formula is C18H19N3O2. The molecule has 3 rings (SSSR count). The number of ether oxygens (including phenoxy) is 1. The largest absolute Gasteiger partial charge is 0.443 e. The van der Waals surface area contributed by atoms with E-state index >= 15 is 0 Å². The zero-order chi connectivity index (χ0) is 16.2. The number of hydrogen-bond acceptors (Lipinski definition) is 4. The van der Waals surface area contributed by atoms with E-state index in [0.29, 0.717) is 5.69 Å². The molecule has 0 saturated carbocycles. The molecular weight excluding hydrogens is 290 g/mol. The van der Waals surface area contributed by atoms with E-state index in [1.54, 1.807) is 0 Å². The molecule has 1 atom stereocenters. The number of carbonyl (C=O) groups is 1. The molecule has 1 aromatic heterocycles. The zero-order valence-electron chi connectivity index (χ0n) is 13.0. The zero-order valence-corrected chi connectivity index (χ0v) is 13.0. The molecule has 23 heavy (non-hydrogen) atoms. The Morgan fingerprint density at radius 1 is 1.35 bits per heavy atom. The van der Waals surface area contributed by atoms with Crippen LogP contribution in [0.5, 0.6) is 0 Å². The number of pyridine rings is 1. The molecule has 1 amide bonds. The van der Waals surface area contributed by atoms with Gasteiger partial charge in [-0.1, -0.05) is 30.3 Å². The first-order chi connectivity index (χ1) is 11.1. The quantitative estimate of drug-likeness (QED) is 0.941. The standard InChI is InChI=1S/C18H19N3O2/c1-13-17-9-16(12-23-18(19)22)20-10-15(17)7-8-21(13)11-14-5-3-2-4-6-14/h2-10,13H,11-12H2,1H3,(H2,19,22). The molecule has 0 fully saturated rings. The SMILES string of the molecule is CC1c2cc(COC(N)=O)ncc2C=CN1Cc1ccccc1. The second kappa shape index (κ2) is 6.52. The van der Waals surface area contributed by atoms with Crippen LogP contribution in [-0.4, -0.2) is 16.0 Å². The van der Waals surface area contributed by atoms with E-state index in [-0.39, 0.29) is 12.6 Å². The third-order valence-corrected chi connectivity index (χ3v) is 3.99. The molecule has 0 radical (unpaired) electrons. The lowest BCUT2D eigenvalue weighted by Gasteiger charge is -2.32. The summed E-state index contributed by atoms with van der Waals surface area (Å²) in [5, 5.41) is 0. The Morgan fingerprint density at radius 3 is 2.87 bits per heavy atom. The molecule has 1 aliphatic rings. The predicted octanol–water partition coefficient (Wildman–Crippen LogP) is 3.22. The summed E-state index contributed by atoms with van der Waals surface area (Å²) in [6, 6.07) is 12.5. The van der Waals surface area contributed by atoms with Crippen LogP contribution in [0.3, 0.4) is 0 Å². The monoisotopic (exact) mass is 309 g/mol. The van der Waals surface area contributed by atoms with E-state index in [1.165, 1.54) is 11.1 Å². The smallest absolute Gasteiger partial charge is 0.404 e. The molecule has 2 N–H and O–H groups in total. The van der Waals surface area contributed by atoms with Crippen molar-refractivity contribution in [1.29, 1.82) is 0 Å². The van der Waals surface area contributed by atoms with Gasteiger partial charge in [-0.2, -0.15) is 0 Å². The second-order valence-corrected chi connectivity index (χ2v) is 5.56. The summed E-state index contributed by atoms with van der Waals surface area (Å²) < 4.78 is 4.82. The van der Waals surface area contributed by atoms with Crippen LogP contribution in [-0.2, 0) is 17.9 Å². The normalized spacial score (nSPS) is 16.0. The van der Waals surface area contributed by atoms with E-state index in [9.17, 15) is 4.79 Å². The van der Waals surface area contributed by atoms with Gasteiger partial charge in [-0.05, 0) is 35.8 Å². The number of amides is 1. The first kappa shape index (κ1) is 15.1. The van der Waals surface area contributed by atoms with E-state index < -0.39 is 6.09 Å². The molecule has 0 spiro atoms. The first-order valence-electron chi connectivity index (χ1n) is 7.52. The van der Waals surface area contributed by atoms with Crippen LogP contribution in [0, 0.1) is 0 Å². The van der Waals surface area contributed by atoms with Crippen molar-refractivity contribution >= 4 is 12.2 Å². The number of primary amides is 1. The van der Waals surface area contributed by atoms with E-state index in [2.05, 4.69) is 41.2 Å². The maximum Gasteiger partial charge on any atom is 0.404 e. The topological polar surface area (TPSA) is 68.5 Å². The van der Waals surface area contributed by atoms with Crippen LogP contribution in [0.1, 0.15) is 35.3 Å². The number of benzene rings is 1. The van der Waals surface area contributed by atoms with Crippen molar-refractivity contribution in [2.45, 2.75) is 26.1 Å². The van der Waals surface area contributed by atoms with Gasteiger partial charge in [-0.25, -0.2) is 4.79 Å². The van der Waals surface area contributed by atoms with Crippen molar-refractivity contribution in [2.24, 2.45) is 5.73 Å². The van der Waals surface area contributed by atoms with Crippen molar-refractivity contribution < 1.29 is 9.53 Å². The van der Waals surface area contributed by atoms with Gasteiger partial charge >= 0.3 is 6.09 Å². The lowest BCUT2D eigenvalue weighted by Crippen LogP contribution is -2.24. The van der Waals surface area contributed by atoms with Gasteiger partial charge in [0.15, 0.2) is 0 Å². The third-order valence-electron chi connectivity index (χ3n) is 3.99. The van der Waals surface area contributed by atoms with E-state index in [0.717, 1.165) is 12.1 Å². The maximum absolute atomic E-state index is 10.7. The van der Waals surface area contributed by atoms with Gasteiger partial charge in [0.25, 0.3) is 0 Å². The minimum atomic E-state index is -0.789. The Balaban J connectivity index is 1.79. The van der Waals surface area contributed by atoms with Crippen LogP contribution in [0.4, 0.5) is 4.79 Å². The lowest BCUT2D eigenvalue weighted by atomic mass is 9.98. The number of fused-ring (bicyclic) bond motifs is 1. The number of carbonyl (C=O) groups excluding carboxylic acids is 1. The van der Waals surface area contributed by atoms with Crippen LogP contribution < -0.4 is 5.73 Å². The van der Waals surface area contributed by atoms with Gasteiger partial charge in [0, 0.05) is 18.9 Å². The van der Waals surface area contributed by atoms with Gasteiger partial charge in [0.1, 0.15) is 6.61 Å². The minimum absolute atomic E-state index is 0.0950. The molecule has 118 valence electrons. The van der Waals surface area contributed by atoms with Crippen LogP contribution in [0.25, 0.3) is 6.08 Å². The van der Waals surface area contributed by atoms with Crippen molar-refractivity contribution in [1.82, 2.24) is 9.88 Å². The molecule has 1 aromatic carbocycles. The molecule has 1 aliphatic heterocycles. The van der Waals surface area contributed by atoms with Gasteiger partial charge in [-0.15, -0.1) is 0 Å². The summed E-state index contributed by atoms with van der Waals surface area (Å²) in [4.78, 5) is 17.3. The van der Waals surface area contributed by atoms with E-state index in [4.69, 9.17) is 10.5 Å². The summed E-state index contributed by atoms with van der Waals surface area (Å²) in [6.07, 6.45) is 5.18. The second-order valence-electron chi connectivity index (χ2n) is 5.56. The number of nitrogens with two attached hydrogens (primary N) is 1. The fourth-order valence-electron chi connectivity index (χ4n) is 2.72. The van der Waals surface area contributed by atoms with Crippen molar-refractivity contribution in [3.05, 3.63) is 71.2 Å². The Hall–Kier alpha value is -2.82. The Morgan fingerprint density at radius 2 is 2.13 bits per heavy atom. The highest BCUT2D eigenvalue weighted by molar-refractivity contribution is 5.64. The summed E-state index contributed by atoms with van der Waals surface area (Å²) >= 11 is 0. The summed E-state index contributed by atoms with van der Waals surface area (Å²) in [5.41, 5.74) is 9.22. The van der Waals surface area contributed by atoms with Gasteiger partial charge < -0.3 is 15.4 Å². The van der Waals surface area contributed by atoms with Crippen molar-refractivity contribution in [3.63, 3.8) is 0 Å². The highest BCUT2D eigenvalue weighted by atomic mass is 16.5. The summed E-state index contributed by atoms with van der Waals surface area (Å²) in [5.74, 6) is 0. The fraction of sp³-hybridized carbons (Fsp3) is 0.222. The predicted molar refractivity (Wildman–Crippen MR) is 88.0 cm³/mol. The molecule has 2 heterocycles. The van der Waals surface area contributed by atoms with Crippen LogP contribution in [0.15, 0.2) is 48.8 Å². The molecule has 0 aliphatic carbocycles. The Kier molecular flexibility index (Phi) is 4.28. The highest BCUT2D eigenvalue weighted by Crippen LogP contribution is 2.31. The molecule has 0 bridgehead atoms. The first-order valence-corrected chi connectivity index (χ1v) is 7.52. The molecule has 5 nitrogen and oxygen atoms in total. The highest BCUT2D eigenvalue weighted by Gasteiger charge is 2.20. The summed E-state index contributed by atoms with van der Waals surface area (Å²) in [7, 11) is 0. The van der Waals surface area contributed by atoms with Crippen molar-refractivity contribution in [3.8, 4) is 0 Å².